The molecule has 0 bridgehead atoms. The zero-order chi connectivity index (χ0) is 24.2. The van der Waals surface area contributed by atoms with E-state index in [1.807, 2.05) is 13.8 Å². The van der Waals surface area contributed by atoms with Gasteiger partial charge < -0.3 is 18.6 Å². The zero-order valence-corrected chi connectivity index (χ0v) is 18.1. The maximum Gasteiger partial charge on any atom is 0.453 e. The average Bonchev–Trinajstić information content (AvgIpc) is 2.75. The van der Waals surface area contributed by atoms with E-state index in [-0.39, 0.29) is 41.2 Å². The molecule has 0 saturated heterocycles. The van der Waals surface area contributed by atoms with E-state index in [9.17, 15) is 22.8 Å². The van der Waals surface area contributed by atoms with Gasteiger partial charge in [-0.1, -0.05) is 5.57 Å². The molecule has 33 heavy (non-hydrogen) atoms. The van der Waals surface area contributed by atoms with E-state index in [1.54, 1.807) is 13.0 Å². The summed E-state index contributed by atoms with van der Waals surface area (Å²) in [6.45, 7) is 5.79. The van der Waals surface area contributed by atoms with Crippen LogP contribution in [0.25, 0.3) is 11.0 Å². The number of fused-ring (bicyclic) bond motifs is 1. The first-order valence-electron chi connectivity index (χ1n) is 9.99. The minimum atomic E-state index is -4.99. The number of carbonyl (C=O) groups excluding carboxylic acids is 1. The molecule has 6 nitrogen and oxygen atoms in total. The Balaban J connectivity index is 2.00. The lowest BCUT2D eigenvalue weighted by atomic mass is 10.2. The molecule has 3 aromatic rings. The predicted octanol–water partition coefficient (Wildman–Crippen LogP) is 6.13. The van der Waals surface area contributed by atoms with E-state index >= 15 is 0 Å². The molecule has 0 aliphatic carbocycles. The topological polar surface area (TPSA) is 75.0 Å². The molecule has 174 valence electrons. The summed E-state index contributed by atoms with van der Waals surface area (Å²) >= 11 is 0. The number of hydrogen-bond acceptors (Lipinski definition) is 6. The maximum atomic E-state index is 13.7. The minimum Gasteiger partial charge on any atom is -0.489 e. The number of benzene rings is 2. The Morgan fingerprint density at radius 3 is 2.33 bits per heavy atom. The van der Waals surface area contributed by atoms with Crippen LogP contribution < -0.4 is 14.9 Å². The molecule has 0 fully saturated rings. The molecular weight excluding hydrogens is 441 g/mol. The molecular formula is C24H21F3O6. The molecule has 2 aromatic carbocycles. The molecule has 9 heteroatoms. The fraction of sp³-hybridized carbons (Fsp3) is 0.250. The number of esters is 1. The highest BCUT2D eigenvalue weighted by Crippen LogP contribution is 2.38. The van der Waals surface area contributed by atoms with Gasteiger partial charge in [0.2, 0.25) is 11.2 Å². The van der Waals surface area contributed by atoms with Gasteiger partial charge in [-0.25, -0.2) is 4.79 Å². The van der Waals surface area contributed by atoms with Gasteiger partial charge in [0.1, 0.15) is 23.7 Å². The second kappa shape index (κ2) is 9.81. The minimum absolute atomic E-state index is 0.0816. The van der Waals surface area contributed by atoms with Crippen molar-refractivity contribution >= 4 is 16.9 Å². The number of ether oxygens (including phenoxy) is 3. The van der Waals surface area contributed by atoms with Crippen molar-refractivity contribution < 1.29 is 36.6 Å². The van der Waals surface area contributed by atoms with Gasteiger partial charge in [-0.05, 0) is 63.2 Å². The highest BCUT2D eigenvalue weighted by Gasteiger charge is 2.40. The fourth-order valence-electron chi connectivity index (χ4n) is 2.82. The van der Waals surface area contributed by atoms with Crippen LogP contribution in [0.4, 0.5) is 13.2 Å². The van der Waals surface area contributed by atoms with E-state index in [2.05, 4.69) is 0 Å². The monoisotopic (exact) mass is 462 g/mol. The maximum absolute atomic E-state index is 13.7. The van der Waals surface area contributed by atoms with Crippen molar-refractivity contribution in [2.24, 2.45) is 0 Å². The number of rotatable bonds is 7. The number of alkyl halides is 3. The highest BCUT2D eigenvalue weighted by molar-refractivity contribution is 5.89. The fourth-order valence-corrected chi connectivity index (χ4v) is 2.82. The largest absolute Gasteiger partial charge is 0.489 e. The molecule has 0 aliphatic rings. The lowest BCUT2D eigenvalue weighted by Crippen LogP contribution is -2.15. The van der Waals surface area contributed by atoms with E-state index in [4.69, 9.17) is 18.6 Å². The van der Waals surface area contributed by atoms with Gasteiger partial charge in [0, 0.05) is 6.07 Å². The van der Waals surface area contributed by atoms with Crippen LogP contribution in [0.1, 0.15) is 36.9 Å². The number of carbonyl (C=O) groups is 1. The molecule has 0 atom stereocenters. The molecule has 0 saturated carbocycles. The van der Waals surface area contributed by atoms with Crippen LogP contribution in [0.15, 0.2) is 63.3 Å². The number of halogens is 3. The summed E-state index contributed by atoms with van der Waals surface area (Å²) in [5.74, 6) is -3.00. The third-order valence-corrected chi connectivity index (χ3v) is 4.41. The van der Waals surface area contributed by atoms with Crippen LogP contribution in [-0.4, -0.2) is 19.2 Å². The SMILES string of the molecule is CCOC(=O)c1ccc(Oc2c(C(F)(F)F)oc3cc(OCC=C(C)C)ccc3c2=O)cc1. The van der Waals surface area contributed by atoms with E-state index < -0.39 is 29.1 Å². The Hall–Kier alpha value is -3.75. The normalized spacial score (nSPS) is 11.2. The van der Waals surface area contributed by atoms with Gasteiger partial charge in [-0.15, -0.1) is 0 Å². The van der Waals surface area contributed by atoms with Gasteiger partial charge in [-0.2, -0.15) is 13.2 Å². The van der Waals surface area contributed by atoms with Gasteiger partial charge in [0.05, 0.1) is 17.6 Å². The van der Waals surface area contributed by atoms with E-state index in [0.29, 0.717) is 0 Å². The lowest BCUT2D eigenvalue weighted by molar-refractivity contribution is -0.154. The number of hydrogen-bond donors (Lipinski definition) is 0. The Labute approximate surface area is 187 Å². The van der Waals surface area contributed by atoms with Crippen LogP contribution in [0.3, 0.4) is 0 Å². The Morgan fingerprint density at radius 2 is 1.73 bits per heavy atom. The Kier molecular flexibility index (Phi) is 7.10. The summed E-state index contributed by atoms with van der Waals surface area (Å²) in [5.41, 5.74) is -0.0777. The molecule has 1 aromatic heterocycles. The molecule has 0 spiro atoms. The smallest absolute Gasteiger partial charge is 0.453 e. The molecule has 0 aliphatic heterocycles. The average molecular weight is 462 g/mol. The van der Waals surface area contributed by atoms with Crippen molar-refractivity contribution in [3.63, 3.8) is 0 Å². The quantitative estimate of drug-likeness (QED) is 0.311. The Morgan fingerprint density at radius 1 is 1.06 bits per heavy atom. The molecule has 0 radical (unpaired) electrons. The van der Waals surface area contributed by atoms with E-state index in [1.165, 1.54) is 42.5 Å². The van der Waals surface area contributed by atoms with Crippen molar-refractivity contribution in [3.8, 4) is 17.2 Å². The molecule has 0 N–H and O–H groups in total. The highest BCUT2D eigenvalue weighted by atomic mass is 19.4. The van der Waals surface area contributed by atoms with Crippen molar-refractivity contribution in [2.45, 2.75) is 26.9 Å². The standard InChI is InChI=1S/C24H21F3O6/c1-4-30-23(29)15-5-7-16(8-6-15)32-21-20(28)18-10-9-17(31-12-11-14(2)3)13-19(18)33-22(21)24(25,26)27/h5-11,13H,4,12H2,1-3H3. The summed E-state index contributed by atoms with van der Waals surface area (Å²) in [6, 6.07) is 9.16. The summed E-state index contributed by atoms with van der Waals surface area (Å²) in [7, 11) is 0. The second-order valence-electron chi connectivity index (χ2n) is 7.18. The summed E-state index contributed by atoms with van der Waals surface area (Å²) < 4.78 is 61.7. The Bertz CT molecular complexity index is 1240. The molecule has 1 heterocycles. The first-order chi connectivity index (χ1) is 15.6. The van der Waals surface area contributed by atoms with Crippen molar-refractivity contribution in [1.29, 1.82) is 0 Å². The zero-order valence-electron chi connectivity index (χ0n) is 18.1. The predicted molar refractivity (Wildman–Crippen MR) is 115 cm³/mol. The van der Waals surface area contributed by atoms with Gasteiger partial charge >= 0.3 is 12.1 Å². The number of allylic oxidation sites excluding steroid dienone is 1. The lowest BCUT2D eigenvalue weighted by Gasteiger charge is -2.14. The second-order valence-corrected chi connectivity index (χ2v) is 7.18. The summed E-state index contributed by atoms with van der Waals surface area (Å²) in [4.78, 5) is 24.6. The first kappa shape index (κ1) is 23.9. The molecule has 0 unspecified atom stereocenters. The van der Waals surface area contributed by atoms with Crippen LogP contribution in [0, 0.1) is 0 Å². The van der Waals surface area contributed by atoms with Crippen molar-refractivity contribution in [3.05, 3.63) is 75.7 Å². The van der Waals surface area contributed by atoms with E-state index in [0.717, 1.165) is 5.57 Å². The third-order valence-electron chi connectivity index (χ3n) is 4.41. The third kappa shape index (κ3) is 5.74. The molecule has 3 rings (SSSR count). The van der Waals surface area contributed by atoms with Crippen LogP contribution >= 0.6 is 0 Å². The van der Waals surface area contributed by atoms with Gasteiger partial charge in [0.15, 0.2) is 0 Å². The van der Waals surface area contributed by atoms with Crippen LogP contribution in [0.2, 0.25) is 0 Å². The van der Waals surface area contributed by atoms with Crippen LogP contribution in [0.5, 0.6) is 17.2 Å². The van der Waals surface area contributed by atoms with Crippen LogP contribution in [-0.2, 0) is 10.9 Å². The van der Waals surface area contributed by atoms with Crippen molar-refractivity contribution in [2.75, 3.05) is 13.2 Å². The van der Waals surface area contributed by atoms with Gasteiger partial charge in [-0.3, -0.25) is 4.79 Å². The molecule has 0 amide bonds. The van der Waals surface area contributed by atoms with Crippen molar-refractivity contribution in [1.82, 2.24) is 0 Å². The van der Waals surface area contributed by atoms with Gasteiger partial charge in [0.25, 0.3) is 5.76 Å². The first-order valence-corrected chi connectivity index (χ1v) is 9.99. The summed E-state index contributed by atoms with van der Waals surface area (Å²) in [5, 5.41) is -0.101. The summed E-state index contributed by atoms with van der Waals surface area (Å²) in [6.07, 6.45) is -3.20.